The molecule has 0 amide bonds. The minimum absolute atomic E-state index is 0.174. The highest BCUT2D eigenvalue weighted by molar-refractivity contribution is 7.10. The molecule has 19 heavy (non-hydrogen) atoms. The van der Waals surface area contributed by atoms with Crippen LogP contribution in [0.25, 0.3) is 0 Å². The van der Waals surface area contributed by atoms with Gasteiger partial charge < -0.3 is 10.1 Å². The van der Waals surface area contributed by atoms with Gasteiger partial charge in [0.05, 0.1) is 18.0 Å². The van der Waals surface area contributed by atoms with Crippen LogP contribution in [0.1, 0.15) is 27.6 Å². The Morgan fingerprint density at radius 3 is 2.63 bits per heavy atom. The first kappa shape index (κ1) is 14.0. The van der Waals surface area contributed by atoms with E-state index >= 15 is 0 Å². The fourth-order valence-corrected chi connectivity index (χ4v) is 3.36. The third-order valence-corrected chi connectivity index (χ3v) is 4.16. The number of methoxy groups -OCH3 is 1. The van der Waals surface area contributed by atoms with Crippen molar-refractivity contribution >= 4 is 11.3 Å². The van der Waals surface area contributed by atoms with Crippen molar-refractivity contribution < 1.29 is 9.13 Å². The first-order valence-corrected chi connectivity index (χ1v) is 7.01. The summed E-state index contributed by atoms with van der Waals surface area (Å²) in [5.41, 5.74) is 2.58. The Labute approximate surface area is 117 Å². The Balaban J connectivity index is 2.54. The molecule has 0 aliphatic heterocycles. The van der Waals surface area contributed by atoms with Crippen LogP contribution < -0.4 is 10.1 Å². The standard InChI is InChI=1S/C15H18FNOS/c1-9-7-10(2)13(11(16)8-9)14(17-3)15-12(18-4)5-6-19-15/h5-8,14,17H,1-4H3. The minimum atomic E-state index is -0.185. The summed E-state index contributed by atoms with van der Waals surface area (Å²) in [6.07, 6.45) is 0. The number of halogens is 1. The quantitative estimate of drug-likeness (QED) is 0.918. The van der Waals surface area contributed by atoms with Crippen molar-refractivity contribution in [3.63, 3.8) is 0 Å². The maximum atomic E-state index is 14.3. The monoisotopic (exact) mass is 279 g/mol. The Kier molecular flexibility index (Phi) is 4.22. The smallest absolute Gasteiger partial charge is 0.134 e. The Morgan fingerprint density at radius 2 is 2.05 bits per heavy atom. The average Bonchev–Trinajstić information content (AvgIpc) is 2.81. The summed E-state index contributed by atoms with van der Waals surface area (Å²) in [5, 5.41) is 5.15. The van der Waals surface area contributed by atoms with Crippen molar-refractivity contribution in [2.45, 2.75) is 19.9 Å². The lowest BCUT2D eigenvalue weighted by atomic mass is 9.97. The lowest BCUT2D eigenvalue weighted by Gasteiger charge is -2.20. The maximum absolute atomic E-state index is 14.3. The van der Waals surface area contributed by atoms with E-state index in [0.717, 1.165) is 21.8 Å². The molecule has 2 aromatic rings. The minimum Gasteiger partial charge on any atom is -0.496 e. The molecule has 1 heterocycles. The van der Waals surface area contributed by atoms with Crippen LogP contribution in [-0.2, 0) is 0 Å². The molecule has 0 saturated heterocycles. The van der Waals surface area contributed by atoms with Gasteiger partial charge in [-0.25, -0.2) is 4.39 Å². The molecule has 1 aromatic carbocycles. The van der Waals surface area contributed by atoms with E-state index < -0.39 is 0 Å². The number of benzene rings is 1. The topological polar surface area (TPSA) is 21.3 Å². The number of nitrogens with one attached hydrogen (secondary N) is 1. The van der Waals surface area contributed by atoms with E-state index in [4.69, 9.17) is 4.74 Å². The van der Waals surface area contributed by atoms with Crippen molar-refractivity contribution in [3.05, 3.63) is 51.0 Å². The third kappa shape index (κ3) is 2.65. The van der Waals surface area contributed by atoms with Gasteiger partial charge in [-0.3, -0.25) is 0 Å². The molecule has 2 nitrogen and oxygen atoms in total. The second kappa shape index (κ2) is 5.72. The number of rotatable bonds is 4. The molecule has 0 aliphatic rings. The van der Waals surface area contributed by atoms with Crippen LogP contribution >= 0.6 is 11.3 Å². The molecule has 0 aliphatic carbocycles. The highest BCUT2D eigenvalue weighted by atomic mass is 32.1. The average molecular weight is 279 g/mol. The summed E-state index contributed by atoms with van der Waals surface area (Å²) in [6.45, 7) is 3.84. The van der Waals surface area contributed by atoms with Crippen LogP contribution in [-0.4, -0.2) is 14.2 Å². The van der Waals surface area contributed by atoms with E-state index in [1.165, 1.54) is 0 Å². The SMILES string of the molecule is CNC(c1sccc1OC)c1c(C)cc(C)cc1F. The third-order valence-electron chi connectivity index (χ3n) is 3.20. The van der Waals surface area contributed by atoms with E-state index in [2.05, 4.69) is 5.32 Å². The summed E-state index contributed by atoms with van der Waals surface area (Å²) in [5.74, 6) is 0.621. The molecule has 0 bridgehead atoms. The number of aryl methyl sites for hydroxylation is 2. The summed E-state index contributed by atoms with van der Waals surface area (Å²) < 4.78 is 19.6. The van der Waals surface area contributed by atoms with Crippen molar-refractivity contribution in [2.75, 3.05) is 14.2 Å². The van der Waals surface area contributed by atoms with Crippen molar-refractivity contribution in [1.82, 2.24) is 5.32 Å². The Bertz CT molecular complexity index is 556. The van der Waals surface area contributed by atoms with Gasteiger partial charge >= 0.3 is 0 Å². The van der Waals surface area contributed by atoms with Gasteiger partial charge in [-0.2, -0.15) is 0 Å². The van der Waals surface area contributed by atoms with Gasteiger partial charge in [-0.15, -0.1) is 11.3 Å². The predicted molar refractivity (Wildman–Crippen MR) is 77.6 cm³/mol. The number of ether oxygens (including phenoxy) is 1. The van der Waals surface area contributed by atoms with Gasteiger partial charge in [0.25, 0.3) is 0 Å². The zero-order valence-electron chi connectivity index (χ0n) is 11.6. The Morgan fingerprint density at radius 1 is 1.32 bits per heavy atom. The molecule has 0 radical (unpaired) electrons. The largest absolute Gasteiger partial charge is 0.496 e. The molecule has 1 atom stereocenters. The number of hydrogen-bond acceptors (Lipinski definition) is 3. The molecule has 2 rings (SSSR count). The summed E-state index contributed by atoms with van der Waals surface area (Å²) >= 11 is 1.57. The second-order valence-electron chi connectivity index (χ2n) is 4.55. The van der Waals surface area contributed by atoms with Crippen molar-refractivity contribution in [2.24, 2.45) is 0 Å². The number of hydrogen-bond donors (Lipinski definition) is 1. The van der Waals surface area contributed by atoms with Gasteiger partial charge in [0.15, 0.2) is 0 Å². The first-order valence-electron chi connectivity index (χ1n) is 6.13. The maximum Gasteiger partial charge on any atom is 0.134 e. The van der Waals surface area contributed by atoms with E-state index in [0.29, 0.717) is 5.56 Å². The summed E-state index contributed by atoms with van der Waals surface area (Å²) in [4.78, 5) is 0.996. The second-order valence-corrected chi connectivity index (χ2v) is 5.50. The van der Waals surface area contributed by atoms with Crippen molar-refractivity contribution in [3.8, 4) is 5.75 Å². The molecule has 1 unspecified atom stereocenters. The van der Waals surface area contributed by atoms with Crippen LogP contribution in [0.2, 0.25) is 0 Å². The lowest BCUT2D eigenvalue weighted by molar-refractivity contribution is 0.408. The molecule has 0 saturated carbocycles. The van der Waals surface area contributed by atoms with E-state index in [9.17, 15) is 4.39 Å². The van der Waals surface area contributed by atoms with E-state index in [1.807, 2.05) is 38.4 Å². The molecule has 4 heteroatoms. The molecular weight excluding hydrogens is 261 g/mol. The molecular formula is C15H18FNOS. The van der Waals surface area contributed by atoms with Crippen LogP contribution in [0, 0.1) is 19.7 Å². The predicted octanol–water partition coefficient (Wildman–Crippen LogP) is 3.82. The van der Waals surface area contributed by atoms with Gasteiger partial charge in [-0.05, 0) is 49.5 Å². The highest BCUT2D eigenvalue weighted by Gasteiger charge is 2.23. The molecule has 102 valence electrons. The fourth-order valence-electron chi connectivity index (χ4n) is 2.39. The zero-order chi connectivity index (χ0) is 14.0. The normalized spacial score (nSPS) is 12.5. The van der Waals surface area contributed by atoms with Crippen LogP contribution in [0.3, 0.4) is 0 Å². The van der Waals surface area contributed by atoms with E-state index in [1.54, 1.807) is 24.5 Å². The zero-order valence-corrected chi connectivity index (χ0v) is 12.4. The number of thiophene rings is 1. The van der Waals surface area contributed by atoms with E-state index in [-0.39, 0.29) is 11.9 Å². The van der Waals surface area contributed by atoms with Crippen LogP contribution in [0.5, 0.6) is 5.75 Å². The molecule has 1 aromatic heterocycles. The van der Waals surface area contributed by atoms with Gasteiger partial charge in [0.1, 0.15) is 11.6 Å². The van der Waals surface area contributed by atoms with Gasteiger partial charge in [-0.1, -0.05) is 6.07 Å². The fraction of sp³-hybridized carbons (Fsp3) is 0.333. The van der Waals surface area contributed by atoms with Crippen LogP contribution in [0.4, 0.5) is 4.39 Å². The molecule has 1 N–H and O–H groups in total. The summed E-state index contributed by atoms with van der Waals surface area (Å²) in [6, 6.07) is 5.30. The van der Waals surface area contributed by atoms with Gasteiger partial charge in [0, 0.05) is 5.56 Å². The summed E-state index contributed by atoms with van der Waals surface area (Å²) in [7, 11) is 3.47. The molecule has 0 fully saturated rings. The Hall–Kier alpha value is -1.39. The molecule has 0 spiro atoms. The van der Waals surface area contributed by atoms with Crippen LogP contribution in [0.15, 0.2) is 23.6 Å². The van der Waals surface area contributed by atoms with Crippen molar-refractivity contribution in [1.29, 1.82) is 0 Å². The first-order chi connectivity index (χ1) is 9.08. The van der Waals surface area contributed by atoms with Gasteiger partial charge in [0.2, 0.25) is 0 Å². The lowest BCUT2D eigenvalue weighted by Crippen LogP contribution is -2.19. The highest BCUT2D eigenvalue weighted by Crippen LogP contribution is 2.36.